The number of nitrogens with one attached hydrogen (secondary N) is 1. The van der Waals surface area contributed by atoms with Crippen LogP contribution in [0.3, 0.4) is 0 Å². The number of anilines is 1. The first-order valence-electron chi connectivity index (χ1n) is 7.77. The summed E-state index contributed by atoms with van der Waals surface area (Å²) in [5.74, 6) is -1.64. The van der Waals surface area contributed by atoms with Gasteiger partial charge in [0.05, 0.1) is 16.8 Å². The molecule has 2 N–H and O–H groups in total. The van der Waals surface area contributed by atoms with Crippen molar-refractivity contribution in [2.75, 3.05) is 5.32 Å². The van der Waals surface area contributed by atoms with Gasteiger partial charge in [-0.2, -0.15) is 13.2 Å². The van der Waals surface area contributed by atoms with E-state index in [1.165, 1.54) is 24.3 Å². The zero-order valence-corrected chi connectivity index (χ0v) is 14.8. The molecule has 0 heterocycles. The van der Waals surface area contributed by atoms with Crippen molar-refractivity contribution in [1.82, 2.24) is 0 Å². The van der Waals surface area contributed by atoms with E-state index in [-0.39, 0.29) is 39.9 Å². The minimum atomic E-state index is -4.61. The van der Waals surface area contributed by atoms with E-state index in [0.29, 0.717) is 0 Å². The molecule has 2 rings (SSSR count). The first-order chi connectivity index (χ1) is 12.6. The fraction of sp³-hybridized carbons (Fsp3) is 0.222. The Morgan fingerprint density at radius 1 is 1.19 bits per heavy atom. The Labute approximate surface area is 157 Å². The van der Waals surface area contributed by atoms with Crippen LogP contribution in [0.4, 0.5) is 18.9 Å². The molecule has 0 bridgehead atoms. The largest absolute Gasteiger partial charge is 0.489 e. The molecule has 0 aliphatic rings. The monoisotopic (exact) mass is 401 g/mol. The van der Waals surface area contributed by atoms with Gasteiger partial charge in [-0.1, -0.05) is 24.6 Å². The van der Waals surface area contributed by atoms with Gasteiger partial charge in [0.2, 0.25) is 5.91 Å². The van der Waals surface area contributed by atoms with Gasteiger partial charge in [-0.25, -0.2) is 4.79 Å². The normalized spacial score (nSPS) is 11.1. The molecule has 0 unspecified atom stereocenters. The maximum Gasteiger partial charge on any atom is 0.416 e. The van der Waals surface area contributed by atoms with Crippen LogP contribution in [0.15, 0.2) is 36.4 Å². The summed E-state index contributed by atoms with van der Waals surface area (Å²) in [5.41, 5.74) is -1.24. The molecule has 0 fully saturated rings. The minimum Gasteiger partial charge on any atom is -0.489 e. The Kier molecular flexibility index (Phi) is 6.32. The maximum absolute atomic E-state index is 13.1. The third kappa shape index (κ3) is 5.37. The highest BCUT2D eigenvalue weighted by atomic mass is 35.5. The van der Waals surface area contributed by atoms with Gasteiger partial charge in [0.15, 0.2) is 0 Å². The quantitative estimate of drug-likeness (QED) is 0.715. The van der Waals surface area contributed by atoms with Crippen molar-refractivity contribution in [3.63, 3.8) is 0 Å². The van der Waals surface area contributed by atoms with Crippen LogP contribution in [0.5, 0.6) is 5.75 Å². The second-order valence-electron chi connectivity index (χ2n) is 5.50. The van der Waals surface area contributed by atoms with Gasteiger partial charge in [0.1, 0.15) is 12.4 Å². The lowest BCUT2D eigenvalue weighted by Gasteiger charge is -2.15. The topological polar surface area (TPSA) is 75.6 Å². The van der Waals surface area contributed by atoms with Crippen LogP contribution in [0.25, 0.3) is 0 Å². The standard InChI is InChI=1S/C18H15ClF3NO4/c1-2-16(24)23-15-6-5-12(8-13(15)17(25)26)27-9-10-3-4-11(19)7-14(10)18(20,21)22/h3-8H,2,9H2,1H3,(H,23,24)(H,25,26). The summed E-state index contributed by atoms with van der Waals surface area (Å²) in [4.78, 5) is 22.8. The van der Waals surface area contributed by atoms with Gasteiger partial charge in [0.25, 0.3) is 0 Å². The summed E-state index contributed by atoms with van der Waals surface area (Å²) < 4.78 is 44.6. The number of benzene rings is 2. The smallest absolute Gasteiger partial charge is 0.416 e. The molecule has 0 spiro atoms. The lowest BCUT2D eigenvalue weighted by atomic mass is 10.1. The Morgan fingerprint density at radius 2 is 1.89 bits per heavy atom. The van der Waals surface area contributed by atoms with E-state index < -0.39 is 24.3 Å². The van der Waals surface area contributed by atoms with Crippen molar-refractivity contribution >= 4 is 29.2 Å². The molecular formula is C18H15ClF3NO4. The van der Waals surface area contributed by atoms with Crippen LogP contribution in [-0.2, 0) is 17.6 Å². The highest BCUT2D eigenvalue weighted by molar-refractivity contribution is 6.30. The molecule has 0 radical (unpaired) electrons. The summed E-state index contributed by atoms with van der Waals surface area (Å²) in [6, 6.07) is 7.11. The number of carbonyl (C=O) groups excluding carboxylic acids is 1. The fourth-order valence-electron chi connectivity index (χ4n) is 2.24. The highest BCUT2D eigenvalue weighted by Crippen LogP contribution is 2.34. The molecule has 5 nitrogen and oxygen atoms in total. The molecule has 144 valence electrons. The fourth-order valence-corrected chi connectivity index (χ4v) is 2.41. The van der Waals surface area contributed by atoms with E-state index in [4.69, 9.17) is 16.3 Å². The third-order valence-electron chi connectivity index (χ3n) is 3.59. The molecule has 0 atom stereocenters. The molecule has 2 aromatic rings. The van der Waals surface area contributed by atoms with E-state index in [9.17, 15) is 27.9 Å². The number of hydrogen-bond acceptors (Lipinski definition) is 3. The van der Waals surface area contributed by atoms with E-state index in [2.05, 4.69) is 5.32 Å². The van der Waals surface area contributed by atoms with Crippen LogP contribution in [0, 0.1) is 0 Å². The predicted molar refractivity (Wildman–Crippen MR) is 93.1 cm³/mol. The number of ether oxygens (including phenoxy) is 1. The Morgan fingerprint density at radius 3 is 2.48 bits per heavy atom. The number of aromatic carboxylic acids is 1. The molecule has 0 saturated carbocycles. The predicted octanol–water partition coefficient (Wildman–Crippen LogP) is 4.98. The SMILES string of the molecule is CCC(=O)Nc1ccc(OCc2ccc(Cl)cc2C(F)(F)F)cc1C(=O)O. The van der Waals surface area contributed by atoms with Gasteiger partial charge in [0, 0.05) is 17.0 Å². The van der Waals surface area contributed by atoms with Crippen molar-refractivity contribution in [3.8, 4) is 5.75 Å². The van der Waals surface area contributed by atoms with E-state index in [1.54, 1.807) is 6.92 Å². The van der Waals surface area contributed by atoms with E-state index in [1.807, 2.05) is 0 Å². The summed E-state index contributed by atoms with van der Waals surface area (Å²) in [6.07, 6.45) is -4.45. The summed E-state index contributed by atoms with van der Waals surface area (Å²) in [5, 5.41) is 11.7. The van der Waals surface area contributed by atoms with Crippen LogP contribution in [0.2, 0.25) is 5.02 Å². The Balaban J connectivity index is 2.25. The first-order valence-corrected chi connectivity index (χ1v) is 8.15. The summed E-state index contributed by atoms with van der Waals surface area (Å²) in [6.45, 7) is 1.17. The number of amides is 1. The zero-order chi connectivity index (χ0) is 20.2. The molecular weight excluding hydrogens is 387 g/mol. The molecule has 0 aliphatic heterocycles. The highest BCUT2D eigenvalue weighted by Gasteiger charge is 2.33. The molecule has 27 heavy (non-hydrogen) atoms. The van der Waals surface area contributed by atoms with Crippen molar-refractivity contribution in [2.45, 2.75) is 26.1 Å². The number of halogens is 4. The average Bonchev–Trinajstić information content (AvgIpc) is 2.60. The number of carbonyl (C=O) groups is 2. The molecule has 1 amide bonds. The lowest BCUT2D eigenvalue weighted by Crippen LogP contribution is -2.13. The van der Waals surface area contributed by atoms with Gasteiger partial charge >= 0.3 is 12.1 Å². The second kappa shape index (κ2) is 8.30. The summed E-state index contributed by atoms with van der Waals surface area (Å²) in [7, 11) is 0. The number of carboxylic acids is 1. The van der Waals surface area contributed by atoms with E-state index in [0.717, 1.165) is 12.1 Å². The number of carboxylic acid groups (broad SMARTS) is 1. The number of alkyl halides is 3. The van der Waals surface area contributed by atoms with E-state index >= 15 is 0 Å². The van der Waals surface area contributed by atoms with Crippen molar-refractivity contribution in [3.05, 3.63) is 58.1 Å². The molecule has 9 heteroatoms. The Bertz CT molecular complexity index is 868. The maximum atomic E-state index is 13.1. The van der Waals surface area contributed by atoms with Gasteiger partial charge in [-0.05, 0) is 30.3 Å². The molecule has 0 aromatic heterocycles. The van der Waals surface area contributed by atoms with Gasteiger partial charge in [-0.3, -0.25) is 4.79 Å². The van der Waals surface area contributed by atoms with Crippen molar-refractivity contribution in [2.24, 2.45) is 0 Å². The van der Waals surface area contributed by atoms with Crippen LogP contribution < -0.4 is 10.1 Å². The van der Waals surface area contributed by atoms with Gasteiger partial charge in [-0.15, -0.1) is 0 Å². The van der Waals surface area contributed by atoms with Crippen LogP contribution in [0.1, 0.15) is 34.8 Å². The lowest BCUT2D eigenvalue weighted by molar-refractivity contribution is -0.138. The van der Waals surface area contributed by atoms with Crippen LogP contribution in [-0.4, -0.2) is 17.0 Å². The number of rotatable bonds is 6. The Hall–Kier alpha value is -2.74. The third-order valence-corrected chi connectivity index (χ3v) is 3.82. The molecule has 0 aliphatic carbocycles. The van der Waals surface area contributed by atoms with Crippen molar-refractivity contribution in [1.29, 1.82) is 0 Å². The first kappa shape index (κ1) is 20.6. The summed E-state index contributed by atoms with van der Waals surface area (Å²) >= 11 is 5.63. The van der Waals surface area contributed by atoms with Gasteiger partial charge < -0.3 is 15.2 Å². The minimum absolute atomic E-state index is 0.0463. The zero-order valence-electron chi connectivity index (χ0n) is 14.1. The average molecular weight is 402 g/mol. The second-order valence-corrected chi connectivity index (χ2v) is 5.94. The molecule has 0 saturated heterocycles. The van der Waals surface area contributed by atoms with Crippen molar-refractivity contribution < 1.29 is 32.6 Å². The van der Waals surface area contributed by atoms with Crippen LogP contribution >= 0.6 is 11.6 Å². The molecule has 2 aromatic carbocycles. The number of hydrogen-bond donors (Lipinski definition) is 2.